The number of thiazole rings is 1. The summed E-state index contributed by atoms with van der Waals surface area (Å²) in [7, 11) is 0. The van der Waals surface area contributed by atoms with E-state index >= 15 is 0 Å². The molecule has 0 spiro atoms. The predicted octanol–water partition coefficient (Wildman–Crippen LogP) is 4.86. The number of nitrogens with zero attached hydrogens (tertiary/aromatic N) is 2. The zero-order valence-electron chi connectivity index (χ0n) is 18.3. The van der Waals surface area contributed by atoms with E-state index in [1.165, 1.54) is 17.8 Å². The molecule has 172 valence electrons. The van der Waals surface area contributed by atoms with E-state index < -0.39 is 0 Å². The van der Waals surface area contributed by atoms with Gasteiger partial charge in [-0.05, 0) is 61.2 Å². The van der Waals surface area contributed by atoms with Crippen LogP contribution in [0.4, 0.5) is 0 Å². The molecule has 2 aromatic carbocycles. The van der Waals surface area contributed by atoms with Crippen LogP contribution >= 0.6 is 22.9 Å². The normalized spacial score (nSPS) is 13.5. The maximum Gasteiger partial charge on any atom is 0.253 e. The molecule has 0 radical (unpaired) electrons. The molecule has 3 aromatic rings. The van der Waals surface area contributed by atoms with Gasteiger partial charge in [-0.3, -0.25) is 9.59 Å². The summed E-state index contributed by atoms with van der Waals surface area (Å²) < 4.78 is 5.70. The number of nitrogens with one attached hydrogen (secondary N) is 1. The van der Waals surface area contributed by atoms with E-state index in [1.807, 2.05) is 34.5 Å². The van der Waals surface area contributed by atoms with Crippen molar-refractivity contribution in [2.45, 2.75) is 38.8 Å². The summed E-state index contributed by atoms with van der Waals surface area (Å²) in [6.07, 6.45) is 3.51. The average Bonchev–Trinajstić information content (AvgIpc) is 3.30. The molecule has 0 saturated carbocycles. The number of ether oxygens (including phenoxy) is 1. The first kappa shape index (κ1) is 23.3. The molecule has 1 saturated heterocycles. The lowest BCUT2D eigenvalue weighted by atomic mass is 10.1. The Morgan fingerprint density at radius 2 is 1.88 bits per heavy atom. The van der Waals surface area contributed by atoms with E-state index in [4.69, 9.17) is 16.3 Å². The summed E-state index contributed by atoms with van der Waals surface area (Å²) in [4.78, 5) is 31.5. The molecular formula is C25H26ClN3O3S. The number of aromatic nitrogens is 1. The number of halogens is 1. The van der Waals surface area contributed by atoms with E-state index in [2.05, 4.69) is 10.3 Å². The average molecular weight is 484 g/mol. The van der Waals surface area contributed by atoms with Crippen molar-refractivity contribution in [3.63, 3.8) is 0 Å². The summed E-state index contributed by atoms with van der Waals surface area (Å²) in [6.45, 7) is 2.35. The largest absolute Gasteiger partial charge is 0.486 e. The van der Waals surface area contributed by atoms with Crippen LogP contribution in [-0.2, 0) is 24.4 Å². The monoisotopic (exact) mass is 483 g/mol. The lowest BCUT2D eigenvalue weighted by Crippen LogP contribution is -2.35. The molecule has 4 rings (SSSR count). The highest BCUT2D eigenvalue weighted by molar-refractivity contribution is 7.09. The molecule has 33 heavy (non-hydrogen) atoms. The number of piperidine rings is 1. The number of hydrogen-bond donors (Lipinski definition) is 1. The van der Waals surface area contributed by atoms with E-state index in [0.29, 0.717) is 29.4 Å². The fourth-order valence-corrected chi connectivity index (χ4v) is 4.52. The molecule has 1 aliphatic heterocycles. The number of hydrogen-bond acceptors (Lipinski definition) is 5. The minimum atomic E-state index is -0.113. The van der Waals surface area contributed by atoms with Crippen LogP contribution in [0.25, 0.3) is 0 Å². The summed E-state index contributed by atoms with van der Waals surface area (Å²) in [6, 6.07) is 14.6. The van der Waals surface area contributed by atoms with E-state index in [1.54, 1.807) is 24.3 Å². The van der Waals surface area contributed by atoms with Crippen LogP contribution < -0.4 is 10.1 Å². The Bertz CT molecular complexity index is 1090. The van der Waals surface area contributed by atoms with Crippen LogP contribution in [0, 0.1) is 0 Å². The first-order chi connectivity index (χ1) is 16.1. The summed E-state index contributed by atoms with van der Waals surface area (Å²) in [5.74, 6) is 0.673. The van der Waals surface area contributed by atoms with Crippen LogP contribution in [0.1, 0.15) is 45.9 Å². The number of rotatable bonds is 8. The van der Waals surface area contributed by atoms with Crippen molar-refractivity contribution in [3.05, 3.63) is 80.8 Å². The van der Waals surface area contributed by atoms with Gasteiger partial charge in [0.2, 0.25) is 5.91 Å². The molecule has 1 aliphatic rings. The van der Waals surface area contributed by atoms with Crippen LogP contribution in [0.3, 0.4) is 0 Å². The van der Waals surface area contributed by atoms with Gasteiger partial charge in [-0.15, -0.1) is 11.3 Å². The summed E-state index contributed by atoms with van der Waals surface area (Å²) in [5.41, 5.74) is 2.29. The van der Waals surface area contributed by atoms with Crippen molar-refractivity contribution < 1.29 is 14.3 Å². The second-order valence-corrected chi connectivity index (χ2v) is 9.36. The first-order valence-electron chi connectivity index (χ1n) is 11.0. The number of likely N-dealkylation sites (tertiary alicyclic amines) is 1. The topological polar surface area (TPSA) is 71.5 Å². The molecule has 1 fully saturated rings. The minimum Gasteiger partial charge on any atom is -0.486 e. The third kappa shape index (κ3) is 6.79. The van der Waals surface area contributed by atoms with Gasteiger partial charge < -0.3 is 15.0 Å². The molecule has 8 heteroatoms. The maximum atomic E-state index is 12.7. The third-order valence-electron chi connectivity index (χ3n) is 5.42. The lowest BCUT2D eigenvalue weighted by Gasteiger charge is -2.26. The van der Waals surface area contributed by atoms with Gasteiger partial charge >= 0.3 is 0 Å². The molecule has 1 N–H and O–H groups in total. The minimum absolute atomic E-state index is 0.0682. The molecule has 2 heterocycles. The smallest absolute Gasteiger partial charge is 0.253 e. The molecule has 0 unspecified atom stereocenters. The van der Waals surface area contributed by atoms with Gasteiger partial charge in [-0.25, -0.2) is 4.98 Å². The third-order valence-corrected chi connectivity index (χ3v) is 6.55. The Morgan fingerprint density at radius 1 is 1.09 bits per heavy atom. The van der Waals surface area contributed by atoms with E-state index in [9.17, 15) is 9.59 Å². The first-order valence-corrected chi connectivity index (χ1v) is 12.3. The van der Waals surface area contributed by atoms with E-state index in [-0.39, 0.29) is 18.2 Å². The van der Waals surface area contributed by atoms with Crippen LogP contribution in [-0.4, -0.2) is 34.8 Å². The summed E-state index contributed by atoms with van der Waals surface area (Å²) >= 11 is 7.34. The lowest BCUT2D eigenvalue weighted by molar-refractivity contribution is -0.120. The molecule has 1 aromatic heterocycles. The summed E-state index contributed by atoms with van der Waals surface area (Å²) in [5, 5.41) is 6.26. The van der Waals surface area contributed by atoms with Gasteiger partial charge in [-0.1, -0.05) is 23.7 Å². The zero-order valence-corrected chi connectivity index (χ0v) is 19.8. The Morgan fingerprint density at radius 3 is 2.67 bits per heavy atom. The van der Waals surface area contributed by atoms with Crippen LogP contribution in [0.2, 0.25) is 5.02 Å². The highest BCUT2D eigenvalue weighted by atomic mass is 35.5. The Balaban J connectivity index is 1.25. The fraction of sp³-hybridized carbons (Fsp3) is 0.320. The van der Waals surface area contributed by atoms with E-state index in [0.717, 1.165) is 42.3 Å². The highest BCUT2D eigenvalue weighted by Gasteiger charge is 2.18. The zero-order chi connectivity index (χ0) is 23.0. The number of carbonyl (C=O) groups excluding carboxylic acids is 2. The Hall–Kier alpha value is -2.90. The Kier molecular flexibility index (Phi) is 7.96. The standard InChI is InChI=1S/C25H26ClN3O3S/c26-20-7-9-22(10-8-20)32-16-24-28-21(17-33-24)14-23(30)27-15-18-5-4-6-19(13-18)25(31)29-11-2-1-3-12-29/h4-10,13,17H,1-3,11-12,14-16H2,(H,27,30). The van der Waals surface area contributed by atoms with Gasteiger partial charge in [0.25, 0.3) is 5.91 Å². The van der Waals surface area contributed by atoms with Crippen LogP contribution in [0.15, 0.2) is 53.9 Å². The second kappa shape index (κ2) is 11.3. The number of amides is 2. The number of benzene rings is 2. The Labute approximate surface area is 202 Å². The quantitative estimate of drug-likeness (QED) is 0.496. The predicted molar refractivity (Wildman–Crippen MR) is 130 cm³/mol. The molecule has 0 aliphatic carbocycles. The van der Waals surface area contributed by atoms with Gasteiger partial charge in [0.1, 0.15) is 17.4 Å². The van der Waals surface area contributed by atoms with Crippen molar-refractivity contribution in [2.75, 3.05) is 13.1 Å². The van der Waals surface area contributed by atoms with Gasteiger partial charge in [0.05, 0.1) is 12.1 Å². The number of carbonyl (C=O) groups is 2. The van der Waals surface area contributed by atoms with Crippen LogP contribution in [0.5, 0.6) is 5.75 Å². The molecular weight excluding hydrogens is 458 g/mol. The molecule has 0 bridgehead atoms. The van der Waals surface area contributed by atoms with Crippen molar-refractivity contribution in [3.8, 4) is 5.75 Å². The SMILES string of the molecule is O=C(Cc1csc(COc2ccc(Cl)cc2)n1)NCc1cccc(C(=O)N2CCCCC2)c1. The van der Waals surface area contributed by atoms with Gasteiger partial charge in [0, 0.05) is 35.6 Å². The van der Waals surface area contributed by atoms with Gasteiger partial charge in [-0.2, -0.15) is 0 Å². The molecule has 0 atom stereocenters. The maximum absolute atomic E-state index is 12.7. The van der Waals surface area contributed by atoms with Crippen molar-refractivity contribution in [1.29, 1.82) is 0 Å². The van der Waals surface area contributed by atoms with Crippen molar-refractivity contribution in [1.82, 2.24) is 15.2 Å². The highest BCUT2D eigenvalue weighted by Crippen LogP contribution is 2.19. The second-order valence-electron chi connectivity index (χ2n) is 7.98. The van der Waals surface area contributed by atoms with Crippen molar-refractivity contribution in [2.24, 2.45) is 0 Å². The molecule has 2 amide bonds. The van der Waals surface area contributed by atoms with Crippen molar-refractivity contribution >= 4 is 34.8 Å². The molecule has 6 nitrogen and oxygen atoms in total. The fourth-order valence-electron chi connectivity index (χ4n) is 3.69. The van der Waals surface area contributed by atoms with Gasteiger partial charge in [0.15, 0.2) is 0 Å².